The van der Waals surface area contributed by atoms with E-state index in [1.165, 1.54) is 0 Å². The van der Waals surface area contributed by atoms with Crippen molar-refractivity contribution in [1.82, 2.24) is 29.5 Å². The molecule has 154 valence electrons. The highest BCUT2D eigenvalue weighted by atomic mass is 16.2. The molecule has 1 fully saturated rings. The molecular weight excluding hydrogens is 378 g/mol. The van der Waals surface area contributed by atoms with Crippen molar-refractivity contribution in [3.05, 3.63) is 43.0 Å². The van der Waals surface area contributed by atoms with E-state index in [0.717, 1.165) is 53.4 Å². The third-order valence-electron chi connectivity index (χ3n) is 5.99. The predicted octanol–water partition coefficient (Wildman–Crippen LogP) is 3.33. The standard InChI is InChI=1S/C22H25N7O/c1-28(2)21(30)14-3-5-16(6-4-14)26-22-24-13-19-18(12-23-20(19)27-22)15-8-10-29-17(11-15)7-9-25-29/h7-14,16H,3-6H2,1-2H3,(H2,23,24,26,27)/t14-,16+. The molecule has 8 heteroatoms. The van der Waals surface area contributed by atoms with Gasteiger partial charge in [0.25, 0.3) is 0 Å². The van der Waals surface area contributed by atoms with Gasteiger partial charge in [0.1, 0.15) is 5.65 Å². The minimum Gasteiger partial charge on any atom is -0.351 e. The summed E-state index contributed by atoms with van der Waals surface area (Å²) < 4.78 is 1.84. The third-order valence-corrected chi connectivity index (χ3v) is 5.99. The molecule has 30 heavy (non-hydrogen) atoms. The number of aromatic amines is 1. The van der Waals surface area contributed by atoms with Crippen LogP contribution in [0.4, 0.5) is 5.95 Å². The zero-order chi connectivity index (χ0) is 20.7. The fourth-order valence-corrected chi connectivity index (χ4v) is 4.34. The average Bonchev–Trinajstić information content (AvgIpc) is 3.39. The van der Waals surface area contributed by atoms with E-state index >= 15 is 0 Å². The number of amides is 1. The lowest BCUT2D eigenvalue weighted by molar-refractivity contribution is -0.133. The number of pyridine rings is 1. The molecular formula is C22H25N7O. The van der Waals surface area contributed by atoms with E-state index in [1.807, 2.05) is 49.3 Å². The molecule has 8 nitrogen and oxygen atoms in total. The summed E-state index contributed by atoms with van der Waals surface area (Å²) in [4.78, 5) is 26.4. The largest absolute Gasteiger partial charge is 0.351 e. The molecule has 0 bridgehead atoms. The van der Waals surface area contributed by atoms with E-state index in [9.17, 15) is 4.79 Å². The first-order chi connectivity index (χ1) is 14.6. The van der Waals surface area contributed by atoms with Gasteiger partial charge in [-0.1, -0.05) is 0 Å². The number of carbonyl (C=O) groups is 1. The van der Waals surface area contributed by atoms with Crippen LogP contribution in [0.1, 0.15) is 25.7 Å². The van der Waals surface area contributed by atoms with Gasteiger partial charge in [-0.3, -0.25) is 4.79 Å². The van der Waals surface area contributed by atoms with Crippen molar-refractivity contribution in [1.29, 1.82) is 0 Å². The zero-order valence-electron chi connectivity index (χ0n) is 17.2. The number of carbonyl (C=O) groups excluding carboxylic acids is 1. The van der Waals surface area contributed by atoms with Gasteiger partial charge in [0.05, 0.1) is 5.52 Å². The SMILES string of the molecule is CN(C)C(=O)[C@H]1CC[C@@H](Nc2ncc3c(-c4ccn5nccc5c4)c[nH]c3n2)CC1. The van der Waals surface area contributed by atoms with Crippen LogP contribution in [-0.2, 0) is 4.79 Å². The Hall–Kier alpha value is -3.42. The number of hydrogen-bond donors (Lipinski definition) is 2. The Labute approximate surface area is 174 Å². The van der Waals surface area contributed by atoms with Crippen LogP contribution in [0.25, 0.3) is 27.7 Å². The number of nitrogens with zero attached hydrogens (tertiary/aromatic N) is 5. The summed E-state index contributed by atoms with van der Waals surface area (Å²) in [5.41, 5.74) is 4.03. The van der Waals surface area contributed by atoms with Crippen molar-refractivity contribution in [2.45, 2.75) is 31.7 Å². The van der Waals surface area contributed by atoms with E-state index in [-0.39, 0.29) is 11.8 Å². The van der Waals surface area contributed by atoms with Crippen molar-refractivity contribution in [2.75, 3.05) is 19.4 Å². The van der Waals surface area contributed by atoms with E-state index in [4.69, 9.17) is 0 Å². The molecule has 4 heterocycles. The van der Waals surface area contributed by atoms with E-state index in [2.05, 4.69) is 31.4 Å². The first kappa shape index (κ1) is 18.6. The highest BCUT2D eigenvalue weighted by Gasteiger charge is 2.27. The Morgan fingerprint density at radius 3 is 2.87 bits per heavy atom. The minimum atomic E-state index is 0.139. The number of fused-ring (bicyclic) bond motifs is 2. The highest BCUT2D eigenvalue weighted by molar-refractivity contribution is 5.94. The van der Waals surface area contributed by atoms with Gasteiger partial charge < -0.3 is 15.2 Å². The van der Waals surface area contributed by atoms with Crippen LogP contribution in [0.2, 0.25) is 0 Å². The molecule has 2 N–H and O–H groups in total. The molecule has 5 rings (SSSR count). The van der Waals surface area contributed by atoms with Crippen LogP contribution in [-0.4, -0.2) is 55.5 Å². The van der Waals surface area contributed by atoms with Crippen LogP contribution in [0.3, 0.4) is 0 Å². The second-order valence-electron chi connectivity index (χ2n) is 8.20. The Bertz CT molecular complexity index is 1200. The Balaban J connectivity index is 1.31. The second kappa shape index (κ2) is 7.44. The normalized spacial score (nSPS) is 19.3. The van der Waals surface area contributed by atoms with E-state index in [1.54, 1.807) is 11.1 Å². The summed E-state index contributed by atoms with van der Waals surface area (Å²) in [5.74, 6) is 1.00. The van der Waals surface area contributed by atoms with Gasteiger partial charge >= 0.3 is 0 Å². The van der Waals surface area contributed by atoms with Gasteiger partial charge in [-0.2, -0.15) is 10.1 Å². The van der Waals surface area contributed by atoms with Gasteiger partial charge in [0.15, 0.2) is 0 Å². The maximum atomic E-state index is 12.2. The molecule has 0 radical (unpaired) electrons. The molecule has 1 saturated carbocycles. The summed E-state index contributed by atoms with van der Waals surface area (Å²) >= 11 is 0. The molecule has 0 saturated heterocycles. The topological polar surface area (TPSA) is 91.2 Å². The van der Waals surface area contributed by atoms with E-state index < -0.39 is 0 Å². The van der Waals surface area contributed by atoms with Gasteiger partial charge in [-0.25, -0.2) is 9.50 Å². The van der Waals surface area contributed by atoms with Crippen molar-refractivity contribution < 1.29 is 4.79 Å². The molecule has 0 aliphatic heterocycles. The average molecular weight is 403 g/mol. The monoisotopic (exact) mass is 403 g/mol. The lowest BCUT2D eigenvalue weighted by atomic mass is 9.85. The van der Waals surface area contributed by atoms with Gasteiger partial charge in [-0.05, 0) is 49.4 Å². The zero-order valence-corrected chi connectivity index (χ0v) is 17.2. The van der Waals surface area contributed by atoms with Crippen LogP contribution in [0.15, 0.2) is 43.0 Å². The molecule has 1 aliphatic carbocycles. The minimum absolute atomic E-state index is 0.139. The second-order valence-corrected chi connectivity index (χ2v) is 8.20. The third kappa shape index (κ3) is 3.38. The maximum Gasteiger partial charge on any atom is 0.225 e. The number of hydrogen-bond acceptors (Lipinski definition) is 5. The maximum absolute atomic E-state index is 12.2. The first-order valence-corrected chi connectivity index (χ1v) is 10.3. The molecule has 0 aromatic carbocycles. The number of anilines is 1. The van der Waals surface area contributed by atoms with Crippen molar-refractivity contribution >= 4 is 28.4 Å². The van der Waals surface area contributed by atoms with E-state index in [0.29, 0.717) is 12.0 Å². The summed E-state index contributed by atoms with van der Waals surface area (Å²) in [5, 5.41) is 8.69. The molecule has 1 amide bonds. The van der Waals surface area contributed by atoms with Gasteiger partial charge in [0.2, 0.25) is 11.9 Å². The van der Waals surface area contributed by atoms with Crippen LogP contribution in [0.5, 0.6) is 0 Å². The first-order valence-electron chi connectivity index (χ1n) is 10.3. The number of aromatic nitrogens is 5. The van der Waals surface area contributed by atoms with Crippen molar-refractivity contribution in [2.24, 2.45) is 5.92 Å². The summed E-state index contributed by atoms with van der Waals surface area (Å²) in [7, 11) is 3.65. The van der Waals surface area contributed by atoms with Crippen molar-refractivity contribution in [3.63, 3.8) is 0 Å². The molecule has 0 atom stereocenters. The van der Waals surface area contributed by atoms with Crippen LogP contribution < -0.4 is 5.32 Å². The summed E-state index contributed by atoms with van der Waals surface area (Å²) in [6, 6.07) is 6.43. The lowest BCUT2D eigenvalue weighted by Gasteiger charge is -2.29. The fraction of sp³-hybridized carbons (Fsp3) is 0.364. The van der Waals surface area contributed by atoms with Crippen LogP contribution in [0, 0.1) is 5.92 Å². The van der Waals surface area contributed by atoms with Gasteiger partial charge in [0, 0.05) is 61.8 Å². The quantitative estimate of drug-likeness (QED) is 0.545. The lowest BCUT2D eigenvalue weighted by Crippen LogP contribution is -2.35. The molecule has 0 unspecified atom stereocenters. The highest BCUT2D eigenvalue weighted by Crippen LogP contribution is 2.30. The number of rotatable bonds is 4. The Morgan fingerprint density at radius 1 is 1.23 bits per heavy atom. The summed E-state index contributed by atoms with van der Waals surface area (Å²) in [6.45, 7) is 0. The number of H-pyrrole nitrogens is 1. The Kier molecular flexibility index (Phi) is 4.61. The number of nitrogens with one attached hydrogen (secondary N) is 2. The fourth-order valence-electron chi connectivity index (χ4n) is 4.34. The predicted molar refractivity (Wildman–Crippen MR) is 116 cm³/mol. The molecule has 4 aromatic heterocycles. The molecule has 1 aliphatic rings. The summed E-state index contributed by atoms with van der Waals surface area (Å²) in [6.07, 6.45) is 11.3. The van der Waals surface area contributed by atoms with Gasteiger partial charge in [-0.15, -0.1) is 0 Å². The van der Waals surface area contributed by atoms with Crippen LogP contribution >= 0.6 is 0 Å². The van der Waals surface area contributed by atoms with Crippen molar-refractivity contribution in [3.8, 4) is 11.1 Å². The molecule has 4 aromatic rings. The smallest absolute Gasteiger partial charge is 0.225 e. The Morgan fingerprint density at radius 2 is 2.07 bits per heavy atom. The molecule has 0 spiro atoms.